The van der Waals surface area contributed by atoms with E-state index < -0.39 is 0 Å². The van der Waals surface area contributed by atoms with Gasteiger partial charge in [0.2, 0.25) is 0 Å². The molecule has 0 saturated carbocycles. The molecule has 0 aromatic heterocycles. The number of rotatable bonds is 3. The summed E-state index contributed by atoms with van der Waals surface area (Å²) < 4.78 is 5.97. The Bertz CT molecular complexity index is 321. The van der Waals surface area contributed by atoms with Gasteiger partial charge in [-0.2, -0.15) is 0 Å². The Kier molecular flexibility index (Phi) is 4.14. The SMILES string of the molecule is CC(C)COC(=O)c1cccc(Br)c1. The number of carbonyl (C=O) groups excluding carboxylic acids is 1. The van der Waals surface area contributed by atoms with Crippen molar-refractivity contribution < 1.29 is 9.53 Å². The zero-order valence-electron chi connectivity index (χ0n) is 8.29. The number of halogens is 1. The van der Waals surface area contributed by atoms with Crippen molar-refractivity contribution in [3.8, 4) is 0 Å². The molecule has 1 aromatic carbocycles. The van der Waals surface area contributed by atoms with Gasteiger partial charge in [-0.05, 0) is 24.1 Å². The van der Waals surface area contributed by atoms with Crippen molar-refractivity contribution in [3.63, 3.8) is 0 Å². The molecule has 0 fully saturated rings. The van der Waals surface area contributed by atoms with Crippen LogP contribution in [0, 0.1) is 5.92 Å². The largest absolute Gasteiger partial charge is 0.462 e. The first-order valence-corrected chi connectivity index (χ1v) is 5.31. The number of carbonyl (C=O) groups is 1. The Labute approximate surface area is 92.4 Å². The Balaban J connectivity index is 2.61. The minimum Gasteiger partial charge on any atom is -0.462 e. The zero-order chi connectivity index (χ0) is 10.6. The molecule has 0 aliphatic rings. The molecule has 0 aliphatic heterocycles. The second kappa shape index (κ2) is 5.15. The van der Waals surface area contributed by atoms with E-state index in [4.69, 9.17) is 4.74 Å². The van der Waals surface area contributed by atoms with Gasteiger partial charge < -0.3 is 4.74 Å². The lowest BCUT2D eigenvalue weighted by Gasteiger charge is -2.06. The lowest BCUT2D eigenvalue weighted by atomic mass is 10.2. The predicted octanol–water partition coefficient (Wildman–Crippen LogP) is 3.26. The molecule has 0 heterocycles. The zero-order valence-corrected chi connectivity index (χ0v) is 9.87. The molecule has 0 aliphatic carbocycles. The lowest BCUT2D eigenvalue weighted by Crippen LogP contribution is -2.09. The van der Waals surface area contributed by atoms with E-state index in [0.717, 1.165) is 4.47 Å². The van der Waals surface area contributed by atoms with Gasteiger partial charge in [-0.15, -0.1) is 0 Å². The van der Waals surface area contributed by atoms with Crippen molar-refractivity contribution in [2.45, 2.75) is 13.8 Å². The van der Waals surface area contributed by atoms with Crippen LogP contribution in [0.25, 0.3) is 0 Å². The van der Waals surface area contributed by atoms with E-state index >= 15 is 0 Å². The molecular weight excluding hydrogens is 244 g/mol. The topological polar surface area (TPSA) is 26.3 Å². The Hall–Kier alpha value is -0.830. The van der Waals surface area contributed by atoms with Gasteiger partial charge >= 0.3 is 5.97 Å². The second-order valence-electron chi connectivity index (χ2n) is 3.50. The molecule has 76 valence electrons. The number of esters is 1. The van der Waals surface area contributed by atoms with Gasteiger partial charge in [-0.3, -0.25) is 0 Å². The summed E-state index contributed by atoms with van der Waals surface area (Å²) in [6, 6.07) is 7.19. The van der Waals surface area contributed by atoms with E-state index in [1.807, 2.05) is 26.0 Å². The van der Waals surface area contributed by atoms with Crippen molar-refractivity contribution in [3.05, 3.63) is 34.3 Å². The molecule has 1 aromatic rings. The highest BCUT2D eigenvalue weighted by Crippen LogP contribution is 2.12. The summed E-state index contributed by atoms with van der Waals surface area (Å²) >= 11 is 3.30. The van der Waals surface area contributed by atoms with Crippen LogP contribution in [-0.2, 0) is 4.74 Å². The van der Waals surface area contributed by atoms with E-state index in [2.05, 4.69) is 15.9 Å². The van der Waals surface area contributed by atoms with Crippen molar-refractivity contribution >= 4 is 21.9 Å². The highest BCUT2D eigenvalue weighted by atomic mass is 79.9. The van der Waals surface area contributed by atoms with Crippen LogP contribution in [0.3, 0.4) is 0 Å². The fourth-order valence-corrected chi connectivity index (χ4v) is 1.34. The van der Waals surface area contributed by atoms with Gasteiger partial charge in [0, 0.05) is 4.47 Å². The predicted molar refractivity (Wildman–Crippen MR) is 59.3 cm³/mol. The summed E-state index contributed by atoms with van der Waals surface area (Å²) in [5.74, 6) is 0.103. The minimum atomic E-state index is -0.264. The summed E-state index contributed by atoms with van der Waals surface area (Å²) in [6.45, 7) is 4.48. The fourth-order valence-electron chi connectivity index (χ4n) is 0.941. The fraction of sp³-hybridized carbons (Fsp3) is 0.364. The van der Waals surface area contributed by atoms with Crippen molar-refractivity contribution in [1.82, 2.24) is 0 Å². The number of benzene rings is 1. The average Bonchev–Trinajstić information content (AvgIpc) is 2.14. The van der Waals surface area contributed by atoms with Crippen LogP contribution in [0.15, 0.2) is 28.7 Å². The van der Waals surface area contributed by atoms with Crippen LogP contribution in [0.1, 0.15) is 24.2 Å². The van der Waals surface area contributed by atoms with E-state index in [-0.39, 0.29) is 5.97 Å². The third-order valence-electron chi connectivity index (χ3n) is 1.61. The molecule has 0 amide bonds. The molecule has 0 atom stereocenters. The third kappa shape index (κ3) is 3.50. The third-order valence-corrected chi connectivity index (χ3v) is 2.10. The van der Waals surface area contributed by atoms with E-state index in [0.29, 0.717) is 18.1 Å². The lowest BCUT2D eigenvalue weighted by molar-refractivity contribution is 0.0459. The van der Waals surface area contributed by atoms with Crippen LogP contribution in [0.4, 0.5) is 0 Å². The highest BCUT2D eigenvalue weighted by molar-refractivity contribution is 9.10. The van der Waals surface area contributed by atoms with Crippen LogP contribution in [-0.4, -0.2) is 12.6 Å². The average molecular weight is 257 g/mol. The summed E-state index contributed by atoms with van der Waals surface area (Å²) in [6.07, 6.45) is 0. The molecule has 2 nitrogen and oxygen atoms in total. The van der Waals surface area contributed by atoms with Crippen molar-refractivity contribution in [2.75, 3.05) is 6.61 Å². The number of hydrogen-bond donors (Lipinski definition) is 0. The van der Waals surface area contributed by atoms with Gasteiger partial charge in [-0.25, -0.2) is 4.79 Å². The normalized spacial score (nSPS) is 10.3. The van der Waals surface area contributed by atoms with Crippen molar-refractivity contribution in [2.24, 2.45) is 5.92 Å². The van der Waals surface area contributed by atoms with E-state index in [1.165, 1.54) is 0 Å². The van der Waals surface area contributed by atoms with E-state index in [1.54, 1.807) is 12.1 Å². The van der Waals surface area contributed by atoms with Gasteiger partial charge in [0.1, 0.15) is 0 Å². The molecule has 0 saturated heterocycles. The second-order valence-corrected chi connectivity index (χ2v) is 4.42. The quantitative estimate of drug-likeness (QED) is 0.777. The number of ether oxygens (including phenoxy) is 1. The summed E-state index contributed by atoms with van der Waals surface area (Å²) in [7, 11) is 0. The molecule has 14 heavy (non-hydrogen) atoms. The molecule has 0 N–H and O–H groups in total. The highest BCUT2D eigenvalue weighted by Gasteiger charge is 2.07. The smallest absolute Gasteiger partial charge is 0.338 e. The van der Waals surface area contributed by atoms with Gasteiger partial charge in [0.05, 0.1) is 12.2 Å². The molecular formula is C11H13BrO2. The Morgan fingerprint density at radius 2 is 2.21 bits per heavy atom. The standard InChI is InChI=1S/C11H13BrO2/c1-8(2)7-14-11(13)9-4-3-5-10(12)6-9/h3-6,8H,7H2,1-2H3. The first kappa shape index (κ1) is 11.2. The summed E-state index contributed by atoms with van der Waals surface area (Å²) in [5, 5.41) is 0. The van der Waals surface area contributed by atoms with Gasteiger partial charge in [0.25, 0.3) is 0 Å². The molecule has 1 rings (SSSR count). The molecule has 0 unspecified atom stereocenters. The van der Waals surface area contributed by atoms with Gasteiger partial charge in [0.15, 0.2) is 0 Å². The summed E-state index contributed by atoms with van der Waals surface area (Å²) in [4.78, 5) is 11.5. The number of hydrogen-bond acceptors (Lipinski definition) is 2. The van der Waals surface area contributed by atoms with Crippen LogP contribution < -0.4 is 0 Å². The first-order chi connectivity index (χ1) is 6.59. The Morgan fingerprint density at radius 1 is 1.50 bits per heavy atom. The van der Waals surface area contributed by atoms with Crippen LogP contribution in [0.5, 0.6) is 0 Å². The van der Waals surface area contributed by atoms with Crippen LogP contribution >= 0.6 is 15.9 Å². The maximum Gasteiger partial charge on any atom is 0.338 e. The maximum absolute atomic E-state index is 11.5. The monoisotopic (exact) mass is 256 g/mol. The minimum absolute atomic E-state index is 0.264. The van der Waals surface area contributed by atoms with E-state index in [9.17, 15) is 4.79 Å². The molecule has 3 heteroatoms. The van der Waals surface area contributed by atoms with Crippen molar-refractivity contribution in [1.29, 1.82) is 0 Å². The molecule has 0 spiro atoms. The van der Waals surface area contributed by atoms with Crippen LogP contribution in [0.2, 0.25) is 0 Å². The Morgan fingerprint density at radius 3 is 2.79 bits per heavy atom. The summed E-state index contributed by atoms with van der Waals surface area (Å²) in [5.41, 5.74) is 0.583. The molecule has 0 radical (unpaired) electrons. The maximum atomic E-state index is 11.5. The first-order valence-electron chi connectivity index (χ1n) is 4.52. The van der Waals surface area contributed by atoms with Gasteiger partial charge in [-0.1, -0.05) is 35.8 Å². The molecule has 0 bridgehead atoms.